The Morgan fingerprint density at radius 3 is 0.750 bits per heavy atom. The maximum Gasteiger partial charge on any atom is 0.414 e. The molecule has 0 atom stereocenters. The number of methoxy groups -OCH3 is 4. The normalized spacial score (nSPS) is 13.2. The van der Waals surface area contributed by atoms with Crippen molar-refractivity contribution in [2.45, 2.75) is 26.2 Å². The van der Waals surface area contributed by atoms with Gasteiger partial charge in [0, 0.05) is 44.3 Å². The number of anilines is 4. The molecule has 0 unspecified atom stereocenters. The quantitative estimate of drug-likeness (QED) is 0.106. The van der Waals surface area contributed by atoms with E-state index in [1.165, 1.54) is 28.4 Å². The molecule has 72 heavy (non-hydrogen) atoms. The van der Waals surface area contributed by atoms with Crippen LogP contribution < -0.4 is 19.6 Å². The Balaban J connectivity index is 1.03. The van der Waals surface area contributed by atoms with Gasteiger partial charge in [-0.25, -0.2) is 29.1 Å². The van der Waals surface area contributed by atoms with Gasteiger partial charge in [0.1, 0.15) is 0 Å². The van der Waals surface area contributed by atoms with Crippen LogP contribution in [0, 0.1) is 0 Å². The topological polar surface area (TPSA) is 144 Å². The summed E-state index contributed by atoms with van der Waals surface area (Å²) in [4.78, 5) is 70.3. The van der Waals surface area contributed by atoms with Crippen LogP contribution in [-0.4, -0.2) is 62.8 Å². The Kier molecular flexibility index (Phi) is 11.6. The second kappa shape index (κ2) is 18.6. The van der Waals surface area contributed by atoms with Crippen LogP contribution in [0.3, 0.4) is 0 Å². The summed E-state index contributed by atoms with van der Waals surface area (Å²) in [7, 11) is 5.43. The average molecular weight is 955 g/mol. The first-order valence-electron chi connectivity index (χ1n) is 23.2. The highest BCUT2D eigenvalue weighted by Gasteiger charge is 2.23. The van der Waals surface area contributed by atoms with Gasteiger partial charge in [0.25, 0.3) is 0 Å². The maximum absolute atomic E-state index is 13.5. The summed E-state index contributed by atoms with van der Waals surface area (Å²) in [6.45, 7) is 0.849. The Bertz CT molecular complexity index is 3370. The van der Waals surface area contributed by atoms with Crippen molar-refractivity contribution in [2.24, 2.45) is 0 Å². The molecule has 14 nitrogen and oxygen atoms in total. The molecule has 0 spiro atoms. The monoisotopic (exact) mass is 954 g/mol. The van der Waals surface area contributed by atoms with Crippen molar-refractivity contribution >= 4 is 112 Å². The molecule has 0 fully saturated rings. The second-order valence-electron chi connectivity index (χ2n) is 17.7. The van der Waals surface area contributed by atoms with Gasteiger partial charge in [-0.15, -0.1) is 0 Å². The van der Waals surface area contributed by atoms with Crippen LogP contribution in [0.25, 0.3) is 65.2 Å². The summed E-state index contributed by atoms with van der Waals surface area (Å²) in [5.41, 5.74) is 8.43. The fourth-order valence-corrected chi connectivity index (χ4v) is 9.57. The minimum Gasteiger partial charge on any atom is -0.452 e. The van der Waals surface area contributed by atoms with E-state index in [1.54, 1.807) is 19.6 Å². The summed E-state index contributed by atoms with van der Waals surface area (Å²) in [5.74, 6) is 0. The van der Waals surface area contributed by atoms with Crippen molar-refractivity contribution in [3.8, 4) is 0 Å². The first kappa shape index (κ1) is 45.2. The maximum atomic E-state index is 13.5. The van der Waals surface area contributed by atoms with E-state index < -0.39 is 24.4 Å². The number of aromatic nitrogens is 2. The number of hydrogen-bond acceptors (Lipinski definition) is 10. The number of nitrogens with zero attached hydrogens (tertiary/aromatic N) is 6. The molecule has 10 heterocycles. The molecule has 8 aromatic carbocycles. The SMILES string of the molecule is COC(=O)N1Cc2ccc3cc(ccc3c2)CN(C(=O)OC)c2ccc3cc4ccc(cc4nc3c2)N(C(=O)OC)Cc2ccc3cc(ccc3c2)CN(C(=O)OC)c2ccc3cc4ccc1cc4nc3c2. The molecular weight excluding hydrogens is 909 g/mol. The summed E-state index contributed by atoms with van der Waals surface area (Å²) in [6.07, 6.45) is -2.13. The van der Waals surface area contributed by atoms with Gasteiger partial charge in [-0.2, -0.15) is 0 Å². The number of rotatable bonds is 0. The molecule has 0 saturated heterocycles. The van der Waals surface area contributed by atoms with Gasteiger partial charge in [-0.1, -0.05) is 72.8 Å². The van der Waals surface area contributed by atoms with Gasteiger partial charge in [-0.05, 0) is 129 Å². The standard InChI is InChI=1S/C58H46N6O8/c1-69-55(65)61-31-35-5-9-40-22-36(6-10-39(40)21-35)32-63(57(67)71-3)49-19-15-45-26-46-16-20-50(30-54(46)60-53(45)29-49)64(58(68)72-4)34-38-8-12-41-23-37(7-11-42(41)24-38)33-62(56(66)70-2)48-18-14-44-25-43-13-17-47(61)27-51(43)59-52(44)28-48/h5-30H,31-34H2,1-4H3. The van der Waals surface area contributed by atoms with Gasteiger partial charge in [0.15, 0.2) is 0 Å². The van der Waals surface area contributed by atoms with E-state index in [9.17, 15) is 19.2 Å². The highest BCUT2D eigenvalue weighted by Crippen LogP contribution is 2.33. The fourth-order valence-electron chi connectivity index (χ4n) is 9.57. The average Bonchev–Trinajstić information content (AvgIpc) is 3.41. The van der Waals surface area contributed by atoms with E-state index in [1.807, 2.05) is 158 Å². The van der Waals surface area contributed by atoms with E-state index in [-0.39, 0.29) is 26.2 Å². The Hall–Kier alpha value is -9.30. The Labute approximate surface area is 413 Å². The number of hydrogen-bond donors (Lipinski definition) is 0. The smallest absolute Gasteiger partial charge is 0.414 e. The number of carbonyl (C=O) groups excluding carboxylic acids is 4. The molecule has 4 amide bonds. The Morgan fingerprint density at radius 2 is 0.528 bits per heavy atom. The lowest BCUT2D eigenvalue weighted by Crippen LogP contribution is -2.30. The van der Waals surface area contributed by atoms with E-state index in [4.69, 9.17) is 28.9 Å². The molecule has 8 aliphatic rings. The third kappa shape index (κ3) is 8.59. The van der Waals surface area contributed by atoms with E-state index in [0.717, 1.165) is 65.3 Å². The predicted molar refractivity (Wildman–Crippen MR) is 281 cm³/mol. The zero-order chi connectivity index (χ0) is 49.6. The summed E-state index contributed by atoms with van der Waals surface area (Å²) >= 11 is 0. The van der Waals surface area contributed by atoms with Crippen molar-refractivity contribution in [1.82, 2.24) is 9.97 Å². The van der Waals surface area contributed by atoms with Gasteiger partial charge >= 0.3 is 24.4 Å². The van der Waals surface area contributed by atoms with Crippen LogP contribution >= 0.6 is 0 Å². The van der Waals surface area contributed by atoms with Gasteiger partial charge < -0.3 is 18.9 Å². The largest absolute Gasteiger partial charge is 0.452 e. The summed E-state index contributed by atoms with van der Waals surface area (Å²) in [6, 6.07) is 50.7. The summed E-state index contributed by atoms with van der Waals surface area (Å²) < 4.78 is 21.2. The lowest BCUT2D eigenvalue weighted by molar-refractivity contribution is 0.177. The van der Waals surface area contributed by atoms with Crippen molar-refractivity contribution in [3.63, 3.8) is 0 Å². The molecular formula is C58H46N6O8. The van der Waals surface area contributed by atoms with Crippen molar-refractivity contribution < 1.29 is 38.1 Å². The third-order valence-electron chi connectivity index (χ3n) is 13.3. The molecule has 0 N–H and O–H groups in total. The van der Waals surface area contributed by atoms with Crippen LogP contribution in [0.5, 0.6) is 0 Å². The minimum absolute atomic E-state index is 0.212. The van der Waals surface area contributed by atoms with Crippen LogP contribution in [0.1, 0.15) is 22.3 Å². The lowest BCUT2D eigenvalue weighted by atomic mass is 10.0. The highest BCUT2D eigenvalue weighted by molar-refractivity contribution is 6.01. The van der Waals surface area contributed by atoms with Gasteiger partial charge in [0.2, 0.25) is 0 Å². The van der Waals surface area contributed by atoms with Crippen molar-refractivity contribution in [1.29, 1.82) is 0 Å². The zero-order valence-electron chi connectivity index (χ0n) is 39.8. The number of carbonyl (C=O) groups is 4. The molecule has 356 valence electrons. The molecule has 0 radical (unpaired) electrons. The summed E-state index contributed by atoms with van der Waals surface area (Å²) in [5, 5.41) is 7.24. The first-order valence-corrected chi connectivity index (χ1v) is 23.2. The van der Waals surface area contributed by atoms with Crippen LogP contribution in [0.4, 0.5) is 41.9 Å². The molecule has 0 saturated carbocycles. The van der Waals surface area contributed by atoms with Crippen LogP contribution in [0.2, 0.25) is 0 Å². The second-order valence-corrected chi connectivity index (χ2v) is 17.7. The molecule has 2 aromatic heterocycles. The van der Waals surface area contributed by atoms with E-state index in [0.29, 0.717) is 44.8 Å². The zero-order valence-corrected chi connectivity index (χ0v) is 39.8. The van der Waals surface area contributed by atoms with Gasteiger partial charge in [-0.3, -0.25) is 19.6 Å². The molecule has 14 heteroatoms. The molecule has 0 aliphatic carbocycles. The van der Waals surface area contributed by atoms with E-state index >= 15 is 0 Å². The fraction of sp³-hybridized carbons (Fsp3) is 0.138. The van der Waals surface area contributed by atoms with Crippen LogP contribution in [-0.2, 0) is 45.1 Å². The van der Waals surface area contributed by atoms with Gasteiger partial charge in [0.05, 0.1) is 76.7 Å². The van der Waals surface area contributed by atoms with Crippen molar-refractivity contribution in [2.75, 3.05) is 48.0 Å². The molecule has 10 aromatic rings. The molecule has 8 aliphatic heterocycles. The molecule has 16 bridgehead atoms. The van der Waals surface area contributed by atoms with Crippen molar-refractivity contribution in [3.05, 3.63) is 180 Å². The number of ether oxygens (including phenoxy) is 4. The Morgan fingerprint density at radius 1 is 0.306 bits per heavy atom. The third-order valence-corrected chi connectivity index (χ3v) is 13.3. The number of benzene rings is 8. The molecule has 18 rings (SSSR count). The van der Waals surface area contributed by atoms with E-state index in [2.05, 4.69) is 0 Å². The predicted octanol–water partition coefficient (Wildman–Crippen LogP) is 12.8. The lowest BCUT2D eigenvalue weighted by Gasteiger charge is -2.23. The highest BCUT2D eigenvalue weighted by atomic mass is 16.6. The van der Waals surface area contributed by atoms with Crippen LogP contribution in [0.15, 0.2) is 158 Å². The number of amides is 4. The number of pyridine rings is 2. The first-order chi connectivity index (χ1) is 35.0. The minimum atomic E-state index is -0.533.